The van der Waals surface area contributed by atoms with Gasteiger partial charge in [-0.15, -0.1) is 11.8 Å². The van der Waals surface area contributed by atoms with Crippen molar-refractivity contribution in [3.63, 3.8) is 0 Å². The summed E-state index contributed by atoms with van der Waals surface area (Å²) < 4.78 is 12.8. The number of fused-ring (bicyclic) bond motifs is 1. The van der Waals surface area contributed by atoms with Crippen LogP contribution in [0.5, 0.6) is 0 Å². The Morgan fingerprint density at radius 2 is 1.91 bits per heavy atom. The van der Waals surface area contributed by atoms with Gasteiger partial charge >= 0.3 is 0 Å². The number of rotatable bonds is 6. The first kappa shape index (κ1) is 15.6. The molecule has 0 bridgehead atoms. The van der Waals surface area contributed by atoms with E-state index in [1.165, 1.54) is 34.8 Å². The molecule has 0 aliphatic heterocycles. The molecule has 0 saturated carbocycles. The van der Waals surface area contributed by atoms with Crippen molar-refractivity contribution in [1.82, 2.24) is 10.3 Å². The van der Waals surface area contributed by atoms with Gasteiger partial charge in [-0.1, -0.05) is 18.2 Å². The van der Waals surface area contributed by atoms with Gasteiger partial charge in [0.05, 0.1) is 5.75 Å². The van der Waals surface area contributed by atoms with Crippen LogP contribution in [-0.4, -0.2) is 23.2 Å². The maximum absolute atomic E-state index is 12.8. The summed E-state index contributed by atoms with van der Waals surface area (Å²) in [4.78, 5) is 16.0. The largest absolute Gasteiger partial charge is 0.361 e. The molecule has 0 aliphatic rings. The minimum Gasteiger partial charge on any atom is -0.361 e. The van der Waals surface area contributed by atoms with Gasteiger partial charge in [0, 0.05) is 28.5 Å². The van der Waals surface area contributed by atoms with Crippen molar-refractivity contribution in [2.45, 2.75) is 11.3 Å². The summed E-state index contributed by atoms with van der Waals surface area (Å²) in [6.45, 7) is 0.602. The molecule has 0 radical (unpaired) electrons. The van der Waals surface area contributed by atoms with Crippen LogP contribution in [0, 0.1) is 5.82 Å². The second-order valence-electron chi connectivity index (χ2n) is 5.20. The van der Waals surface area contributed by atoms with Crippen molar-refractivity contribution >= 4 is 28.6 Å². The Balaban J connectivity index is 1.45. The van der Waals surface area contributed by atoms with E-state index >= 15 is 0 Å². The molecule has 0 aliphatic carbocycles. The zero-order valence-corrected chi connectivity index (χ0v) is 13.3. The van der Waals surface area contributed by atoms with Crippen LogP contribution in [0.4, 0.5) is 4.39 Å². The minimum absolute atomic E-state index is 0.0147. The topological polar surface area (TPSA) is 44.9 Å². The van der Waals surface area contributed by atoms with Crippen LogP contribution in [0.1, 0.15) is 5.56 Å². The number of H-pyrrole nitrogens is 1. The lowest BCUT2D eigenvalue weighted by Gasteiger charge is -2.05. The smallest absolute Gasteiger partial charge is 0.230 e. The average Bonchev–Trinajstić information content (AvgIpc) is 2.98. The lowest BCUT2D eigenvalue weighted by Crippen LogP contribution is -2.27. The van der Waals surface area contributed by atoms with E-state index in [0.717, 1.165) is 16.8 Å². The second kappa shape index (κ2) is 7.33. The van der Waals surface area contributed by atoms with Gasteiger partial charge in [-0.3, -0.25) is 4.79 Å². The molecule has 1 aromatic heterocycles. The number of carbonyl (C=O) groups is 1. The van der Waals surface area contributed by atoms with Crippen molar-refractivity contribution in [2.24, 2.45) is 0 Å². The summed E-state index contributed by atoms with van der Waals surface area (Å²) in [6.07, 6.45) is 2.78. The number of amides is 1. The molecule has 3 rings (SSSR count). The van der Waals surface area contributed by atoms with Gasteiger partial charge < -0.3 is 10.3 Å². The summed E-state index contributed by atoms with van der Waals surface area (Å²) in [7, 11) is 0. The predicted molar refractivity (Wildman–Crippen MR) is 92.1 cm³/mol. The van der Waals surface area contributed by atoms with Crippen LogP contribution in [0.3, 0.4) is 0 Å². The third kappa shape index (κ3) is 4.13. The molecule has 23 heavy (non-hydrogen) atoms. The highest BCUT2D eigenvalue weighted by atomic mass is 32.2. The van der Waals surface area contributed by atoms with Gasteiger partial charge in [0.15, 0.2) is 0 Å². The standard InChI is InChI=1S/C18H17FN2OS/c19-14-5-7-15(8-6-14)23-12-18(22)20-10-9-13-11-21-17-4-2-1-3-16(13)17/h1-8,11,21H,9-10,12H2,(H,20,22). The molecule has 118 valence electrons. The number of hydrogen-bond acceptors (Lipinski definition) is 2. The van der Waals surface area contributed by atoms with E-state index in [1.807, 2.05) is 24.4 Å². The summed E-state index contributed by atoms with van der Waals surface area (Å²) in [5.41, 5.74) is 2.31. The average molecular weight is 328 g/mol. The van der Waals surface area contributed by atoms with E-state index in [-0.39, 0.29) is 11.7 Å². The number of aromatic amines is 1. The Morgan fingerprint density at radius 1 is 1.13 bits per heavy atom. The second-order valence-corrected chi connectivity index (χ2v) is 6.25. The van der Waals surface area contributed by atoms with Gasteiger partial charge in [-0.25, -0.2) is 4.39 Å². The predicted octanol–water partition coefficient (Wildman–Crippen LogP) is 3.76. The molecular weight excluding hydrogens is 311 g/mol. The molecule has 0 saturated heterocycles. The van der Waals surface area contributed by atoms with Crippen molar-refractivity contribution in [3.05, 3.63) is 66.1 Å². The Hall–Kier alpha value is -2.27. The first-order valence-electron chi connectivity index (χ1n) is 7.42. The monoisotopic (exact) mass is 328 g/mol. The Kier molecular flexibility index (Phi) is 4.98. The van der Waals surface area contributed by atoms with Crippen molar-refractivity contribution in [1.29, 1.82) is 0 Å². The van der Waals surface area contributed by atoms with Crippen molar-refractivity contribution in [3.8, 4) is 0 Å². The Bertz CT molecular complexity index is 798. The molecule has 0 unspecified atom stereocenters. The highest BCUT2D eigenvalue weighted by Gasteiger charge is 2.05. The van der Waals surface area contributed by atoms with Crippen LogP contribution in [0.25, 0.3) is 10.9 Å². The normalized spacial score (nSPS) is 10.8. The van der Waals surface area contributed by atoms with Gasteiger partial charge in [0.2, 0.25) is 5.91 Å². The molecule has 2 N–H and O–H groups in total. The number of aromatic nitrogens is 1. The lowest BCUT2D eigenvalue weighted by molar-refractivity contribution is -0.118. The van der Waals surface area contributed by atoms with Crippen LogP contribution in [-0.2, 0) is 11.2 Å². The highest BCUT2D eigenvalue weighted by Crippen LogP contribution is 2.18. The summed E-state index contributed by atoms with van der Waals surface area (Å²) >= 11 is 1.40. The van der Waals surface area contributed by atoms with Crippen LogP contribution >= 0.6 is 11.8 Å². The molecule has 0 atom stereocenters. The number of nitrogens with one attached hydrogen (secondary N) is 2. The fourth-order valence-electron chi connectivity index (χ4n) is 2.41. The zero-order chi connectivity index (χ0) is 16.1. The zero-order valence-electron chi connectivity index (χ0n) is 12.5. The maximum Gasteiger partial charge on any atom is 0.230 e. The third-order valence-corrected chi connectivity index (χ3v) is 4.59. The molecule has 0 spiro atoms. The van der Waals surface area contributed by atoms with Gasteiger partial charge in [0.25, 0.3) is 0 Å². The van der Waals surface area contributed by atoms with Crippen LogP contribution in [0.15, 0.2) is 59.6 Å². The molecule has 2 aromatic carbocycles. The fraction of sp³-hybridized carbons (Fsp3) is 0.167. The molecule has 0 fully saturated rings. The van der Waals surface area contributed by atoms with Crippen LogP contribution in [0.2, 0.25) is 0 Å². The van der Waals surface area contributed by atoms with Gasteiger partial charge in [0.1, 0.15) is 5.82 Å². The Morgan fingerprint density at radius 3 is 2.74 bits per heavy atom. The van der Waals surface area contributed by atoms with Crippen LogP contribution < -0.4 is 5.32 Å². The third-order valence-electron chi connectivity index (χ3n) is 3.57. The number of thioether (sulfide) groups is 1. The van der Waals surface area contributed by atoms with E-state index in [4.69, 9.17) is 0 Å². The van der Waals surface area contributed by atoms with E-state index < -0.39 is 0 Å². The number of benzene rings is 2. The first-order valence-corrected chi connectivity index (χ1v) is 8.41. The Labute approximate surface area is 138 Å². The van der Waals surface area contributed by atoms with Crippen molar-refractivity contribution in [2.75, 3.05) is 12.3 Å². The number of halogens is 1. The number of para-hydroxylation sites is 1. The van der Waals surface area contributed by atoms with E-state index in [1.54, 1.807) is 12.1 Å². The lowest BCUT2D eigenvalue weighted by atomic mass is 10.1. The maximum atomic E-state index is 12.8. The molecule has 1 heterocycles. The first-order chi connectivity index (χ1) is 11.2. The minimum atomic E-state index is -0.266. The van der Waals surface area contributed by atoms with Gasteiger partial charge in [-0.05, 0) is 42.3 Å². The summed E-state index contributed by atoms with van der Waals surface area (Å²) in [6, 6.07) is 14.3. The molecular formula is C18H17FN2OS. The highest BCUT2D eigenvalue weighted by molar-refractivity contribution is 8.00. The van der Waals surface area contributed by atoms with Crippen molar-refractivity contribution < 1.29 is 9.18 Å². The summed E-state index contributed by atoms with van der Waals surface area (Å²) in [5, 5.41) is 4.12. The van der Waals surface area contributed by atoms with E-state index in [9.17, 15) is 9.18 Å². The van der Waals surface area contributed by atoms with Gasteiger partial charge in [-0.2, -0.15) is 0 Å². The van der Waals surface area contributed by atoms with E-state index in [2.05, 4.69) is 16.4 Å². The van der Waals surface area contributed by atoms with E-state index in [0.29, 0.717) is 12.3 Å². The SMILES string of the molecule is O=C(CSc1ccc(F)cc1)NCCc1c[nH]c2ccccc12. The fourth-order valence-corrected chi connectivity index (χ4v) is 3.13. The molecule has 3 aromatic rings. The molecule has 3 nitrogen and oxygen atoms in total. The molecule has 5 heteroatoms. The summed E-state index contributed by atoms with van der Waals surface area (Å²) in [5.74, 6) is 0.0520. The number of hydrogen-bond donors (Lipinski definition) is 2. The number of carbonyl (C=O) groups excluding carboxylic acids is 1. The molecule has 1 amide bonds. The quantitative estimate of drug-likeness (QED) is 0.677.